The standard InChI is InChI=1S/C9H10NOS/c1-2-12-8-5-3-7(4-6-8)9(10)11/h3-6,10H,2H2,1H3. The molecule has 0 spiro atoms. The molecule has 0 fully saturated rings. The molecule has 0 aliphatic heterocycles. The third kappa shape index (κ3) is 2.27. The molecule has 0 aliphatic rings. The summed E-state index contributed by atoms with van der Waals surface area (Å²) in [4.78, 5) is 11.7. The molecule has 12 heavy (non-hydrogen) atoms. The first kappa shape index (κ1) is 9.13. The number of hydrogen-bond donors (Lipinski definition) is 0. The van der Waals surface area contributed by atoms with Crippen LogP contribution >= 0.6 is 11.8 Å². The van der Waals surface area contributed by atoms with Crippen molar-refractivity contribution >= 4 is 17.7 Å². The third-order valence-electron chi connectivity index (χ3n) is 1.43. The van der Waals surface area contributed by atoms with Gasteiger partial charge in [0.2, 0.25) is 0 Å². The highest BCUT2D eigenvalue weighted by Crippen LogP contribution is 2.17. The van der Waals surface area contributed by atoms with Crippen LogP contribution in [0.2, 0.25) is 0 Å². The summed E-state index contributed by atoms with van der Waals surface area (Å²) in [7, 11) is 0. The average Bonchev–Trinajstić information content (AvgIpc) is 2.06. The minimum absolute atomic E-state index is 0.454. The highest BCUT2D eigenvalue weighted by molar-refractivity contribution is 7.99. The predicted octanol–water partition coefficient (Wildman–Crippen LogP) is 2.22. The van der Waals surface area contributed by atoms with Crippen LogP contribution in [0.4, 0.5) is 0 Å². The van der Waals surface area contributed by atoms with Gasteiger partial charge in [0.25, 0.3) is 5.91 Å². The van der Waals surface area contributed by atoms with Crippen LogP contribution in [0.25, 0.3) is 0 Å². The summed E-state index contributed by atoms with van der Waals surface area (Å²) in [6.45, 7) is 2.08. The van der Waals surface area contributed by atoms with Crippen molar-refractivity contribution in [2.45, 2.75) is 11.8 Å². The van der Waals surface area contributed by atoms with Crippen molar-refractivity contribution in [1.29, 1.82) is 0 Å². The molecule has 0 saturated carbocycles. The predicted molar refractivity (Wildman–Crippen MR) is 50.3 cm³/mol. The maximum Gasteiger partial charge on any atom is 0.269 e. The van der Waals surface area contributed by atoms with E-state index in [0.717, 1.165) is 10.6 Å². The third-order valence-corrected chi connectivity index (χ3v) is 2.32. The summed E-state index contributed by atoms with van der Waals surface area (Å²) < 4.78 is 0. The largest absolute Gasteiger partial charge is 0.269 e. The van der Waals surface area contributed by atoms with Gasteiger partial charge >= 0.3 is 0 Å². The summed E-state index contributed by atoms with van der Waals surface area (Å²) in [5, 5.41) is 0. The van der Waals surface area contributed by atoms with Crippen LogP contribution in [-0.4, -0.2) is 11.7 Å². The van der Waals surface area contributed by atoms with Gasteiger partial charge in [0.15, 0.2) is 0 Å². The number of carbonyl (C=O) groups is 1. The maximum absolute atomic E-state index is 10.6. The lowest BCUT2D eigenvalue weighted by Gasteiger charge is -1.98. The van der Waals surface area contributed by atoms with Gasteiger partial charge in [-0.1, -0.05) is 6.92 Å². The molecule has 0 bridgehead atoms. The number of nitrogens with one attached hydrogen (secondary N) is 1. The molecule has 1 rings (SSSR count). The number of rotatable bonds is 3. The summed E-state index contributed by atoms with van der Waals surface area (Å²) >= 11 is 1.72. The fourth-order valence-corrected chi connectivity index (χ4v) is 1.53. The second-order valence-electron chi connectivity index (χ2n) is 2.29. The van der Waals surface area contributed by atoms with Gasteiger partial charge < -0.3 is 0 Å². The fraction of sp³-hybridized carbons (Fsp3) is 0.222. The summed E-state index contributed by atoms with van der Waals surface area (Å²) in [5.41, 5.74) is 7.30. The maximum atomic E-state index is 10.6. The molecular formula is C9H10NOS. The van der Waals surface area contributed by atoms with E-state index in [2.05, 4.69) is 6.92 Å². The highest BCUT2D eigenvalue weighted by atomic mass is 32.2. The van der Waals surface area contributed by atoms with Crippen LogP contribution in [-0.2, 0) is 0 Å². The quantitative estimate of drug-likeness (QED) is 0.669. The van der Waals surface area contributed by atoms with Gasteiger partial charge in [0.1, 0.15) is 0 Å². The van der Waals surface area contributed by atoms with Gasteiger partial charge in [-0.25, -0.2) is 0 Å². The molecule has 1 N–H and O–H groups in total. The van der Waals surface area contributed by atoms with Crippen LogP contribution in [0.3, 0.4) is 0 Å². The molecule has 1 amide bonds. The van der Waals surface area contributed by atoms with Crippen molar-refractivity contribution in [1.82, 2.24) is 5.73 Å². The van der Waals surface area contributed by atoms with Gasteiger partial charge in [-0.15, -0.1) is 11.8 Å². The van der Waals surface area contributed by atoms with Crippen molar-refractivity contribution in [2.75, 3.05) is 5.75 Å². The molecule has 0 atom stereocenters. The zero-order valence-electron chi connectivity index (χ0n) is 6.83. The van der Waals surface area contributed by atoms with Crippen LogP contribution in [0.15, 0.2) is 29.2 Å². The minimum atomic E-state index is -0.622. The topological polar surface area (TPSA) is 40.9 Å². The Labute approximate surface area is 76.2 Å². The Bertz CT molecular complexity index is 268. The Balaban J connectivity index is 2.78. The number of carbonyl (C=O) groups excluding carboxylic acids is 1. The fourth-order valence-electron chi connectivity index (χ4n) is 0.869. The number of hydrogen-bond acceptors (Lipinski definition) is 2. The van der Waals surface area contributed by atoms with E-state index in [9.17, 15) is 4.79 Å². The van der Waals surface area contributed by atoms with Crippen molar-refractivity contribution in [3.63, 3.8) is 0 Å². The van der Waals surface area contributed by atoms with Gasteiger partial charge in [0.05, 0.1) is 0 Å². The van der Waals surface area contributed by atoms with Crippen LogP contribution in [0.1, 0.15) is 17.3 Å². The van der Waals surface area contributed by atoms with E-state index in [1.807, 2.05) is 12.1 Å². The molecule has 3 heteroatoms. The van der Waals surface area contributed by atoms with E-state index in [0.29, 0.717) is 5.56 Å². The monoisotopic (exact) mass is 180 g/mol. The Kier molecular flexibility index (Phi) is 3.17. The van der Waals surface area contributed by atoms with E-state index in [1.165, 1.54) is 0 Å². The van der Waals surface area contributed by atoms with Crippen molar-refractivity contribution in [3.8, 4) is 0 Å². The summed E-state index contributed by atoms with van der Waals surface area (Å²) in [6, 6.07) is 7.12. The average molecular weight is 180 g/mol. The first-order chi connectivity index (χ1) is 5.74. The van der Waals surface area contributed by atoms with E-state index in [1.54, 1.807) is 23.9 Å². The molecule has 0 aromatic heterocycles. The van der Waals surface area contributed by atoms with Crippen LogP contribution < -0.4 is 5.73 Å². The summed E-state index contributed by atoms with van der Waals surface area (Å²) in [5.74, 6) is 0.400. The van der Waals surface area contributed by atoms with Crippen molar-refractivity contribution in [2.24, 2.45) is 0 Å². The second kappa shape index (κ2) is 4.16. The molecule has 1 aromatic carbocycles. The van der Waals surface area contributed by atoms with E-state index < -0.39 is 5.91 Å². The lowest BCUT2D eigenvalue weighted by Crippen LogP contribution is -1.97. The minimum Gasteiger partial charge on any atom is -0.267 e. The molecule has 1 aromatic rings. The van der Waals surface area contributed by atoms with E-state index >= 15 is 0 Å². The second-order valence-corrected chi connectivity index (χ2v) is 3.62. The first-order valence-corrected chi connectivity index (χ1v) is 4.71. The Morgan fingerprint density at radius 3 is 2.42 bits per heavy atom. The van der Waals surface area contributed by atoms with E-state index in [-0.39, 0.29) is 0 Å². The molecular weight excluding hydrogens is 170 g/mol. The molecule has 1 radical (unpaired) electrons. The zero-order chi connectivity index (χ0) is 8.97. The normalized spacial score (nSPS) is 9.75. The van der Waals surface area contributed by atoms with Gasteiger partial charge in [-0.2, -0.15) is 0 Å². The van der Waals surface area contributed by atoms with Gasteiger partial charge in [-0.05, 0) is 30.0 Å². The van der Waals surface area contributed by atoms with Crippen molar-refractivity contribution in [3.05, 3.63) is 29.8 Å². The molecule has 0 heterocycles. The number of thioether (sulfide) groups is 1. The number of amides is 1. The first-order valence-electron chi connectivity index (χ1n) is 3.73. The highest BCUT2D eigenvalue weighted by Gasteiger charge is 1.99. The number of benzene rings is 1. The molecule has 2 nitrogen and oxygen atoms in total. The van der Waals surface area contributed by atoms with Crippen LogP contribution in [0, 0.1) is 0 Å². The Hall–Kier alpha value is -0.960. The van der Waals surface area contributed by atoms with Gasteiger partial charge in [-0.3, -0.25) is 10.5 Å². The van der Waals surface area contributed by atoms with Gasteiger partial charge in [0, 0.05) is 10.5 Å². The lowest BCUT2D eigenvalue weighted by molar-refractivity contribution is 0.0992. The molecule has 0 saturated heterocycles. The SMILES string of the molecule is CCSc1ccc(C([NH])=O)cc1. The molecule has 0 unspecified atom stereocenters. The molecule has 0 aliphatic carbocycles. The Morgan fingerprint density at radius 2 is 2.00 bits per heavy atom. The van der Waals surface area contributed by atoms with Crippen LogP contribution in [0.5, 0.6) is 0 Å². The summed E-state index contributed by atoms with van der Waals surface area (Å²) in [6.07, 6.45) is 0. The zero-order valence-corrected chi connectivity index (χ0v) is 7.65. The molecule has 63 valence electrons. The van der Waals surface area contributed by atoms with E-state index in [4.69, 9.17) is 5.73 Å². The van der Waals surface area contributed by atoms with Crippen molar-refractivity contribution < 1.29 is 4.79 Å². The Morgan fingerprint density at radius 1 is 1.42 bits per heavy atom. The smallest absolute Gasteiger partial charge is 0.267 e. The lowest BCUT2D eigenvalue weighted by atomic mass is 10.2.